The number of rotatable bonds is 6. The first kappa shape index (κ1) is 14.5. The van der Waals surface area contributed by atoms with Gasteiger partial charge in [-0.2, -0.15) is 0 Å². The van der Waals surface area contributed by atoms with Crippen LogP contribution in [0.25, 0.3) is 0 Å². The van der Waals surface area contributed by atoms with Crippen molar-refractivity contribution in [3.05, 3.63) is 34.9 Å². The highest BCUT2D eigenvalue weighted by molar-refractivity contribution is 6.30. The molecule has 17 heavy (non-hydrogen) atoms. The number of nitrogens with one attached hydrogen (secondary N) is 1. The minimum atomic E-state index is -0.205. The van der Waals surface area contributed by atoms with Gasteiger partial charge in [0.15, 0.2) is 0 Å². The first-order valence-electron chi connectivity index (χ1n) is 6.11. The van der Waals surface area contributed by atoms with Crippen LogP contribution in [-0.4, -0.2) is 19.3 Å². The minimum Gasteiger partial charge on any atom is -0.377 e. The van der Waals surface area contributed by atoms with Gasteiger partial charge < -0.3 is 10.1 Å². The Kier molecular flexibility index (Phi) is 5.44. The van der Waals surface area contributed by atoms with Gasteiger partial charge in [-0.25, -0.2) is 0 Å². The molecule has 1 N–H and O–H groups in total. The predicted octanol–water partition coefficient (Wildman–Crippen LogP) is 3.81. The number of hydrogen-bond donors (Lipinski definition) is 1. The number of benzene rings is 1. The summed E-state index contributed by atoms with van der Waals surface area (Å²) in [6.45, 7) is 7.29. The molecule has 0 saturated carbocycles. The van der Waals surface area contributed by atoms with Crippen molar-refractivity contribution < 1.29 is 4.74 Å². The maximum atomic E-state index is 5.92. The van der Waals surface area contributed by atoms with Crippen molar-refractivity contribution in [2.45, 2.75) is 38.8 Å². The zero-order valence-electron chi connectivity index (χ0n) is 11.1. The van der Waals surface area contributed by atoms with Crippen molar-refractivity contribution in [3.8, 4) is 0 Å². The standard InChI is InChI=1S/C14H22ClNO/c1-5-14(3,17-4)13(16-6-2)11-7-9-12(15)10-8-11/h7-10,13,16H,5-6H2,1-4H3. The molecule has 0 aliphatic carbocycles. The van der Waals surface area contributed by atoms with Crippen molar-refractivity contribution >= 4 is 11.6 Å². The zero-order valence-corrected chi connectivity index (χ0v) is 11.8. The lowest BCUT2D eigenvalue weighted by molar-refractivity contribution is -0.0295. The molecule has 0 aliphatic rings. The maximum Gasteiger partial charge on any atom is 0.0841 e. The van der Waals surface area contributed by atoms with Crippen LogP contribution >= 0.6 is 11.6 Å². The first-order chi connectivity index (χ1) is 8.07. The molecule has 0 bridgehead atoms. The summed E-state index contributed by atoms with van der Waals surface area (Å²) in [7, 11) is 1.77. The average Bonchev–Trinajstić information content (AvgIpc) is 2.36. The molecule has 1 aromatic carbocycles. The molecule has 0 aliphatic heterocycles. The van der Waals surface area contributed by atoms with Gasteiger partial charge in [0.05, 0.1) is 11.6 Å². The van der Waals surface area contributed by atoms with E-state index in [1.807, 2.05) is 12.1 Å². The van der Waals surface area contributed by atoms with Crippen LogP contribution < -0.4 is 5.32 Å². The second-order valence-electron chi connectivity index (χ2n) is 4.41. The highest BCUT2D eigenvalue weighted by Crippen LogP contribution is 2.32. The van der Waals surface area contributed by atoms with Crippen LogP contribution in [0.1, 0.15) is 38.8 Å². The van der Waals surface area contributed by atoms with Gasteiger partial charge in [0.2, 0.25) is 0 Å². The van der Waals surface area contributed by atoms with Gasteiger partial charge in [-0.1, -0.05) is 37.6 Å². The van der Waals surface area contributed by atoms with E-state index in [1.165, 1.54) is 5.56 Å². The molecule has 0 aromatic heterocycles. The quantitative estimate of drug-likeness (QED) is 0.835. The monoisotopic (exact) mass is 255 g/mol. The lowest BCUT2D eigenvalue weighted by Gasteiger charge is -2.36. The van der Waals surface area contributed by atoms with Crippen molar-refractivity contribution in [3.63, 3.8) is 0 Å². The summed E-state index contributed by atoms with van der Waals surface area (Å²) in [5, 5.41) is 4.26. The summed E-state index contributed by atoms with van der Waals surface area (Å²) in [6, 6.07) is 8.14. The molecule has 2 unspecified atom stereocenters. The van der Waals surface area contributed by atoms with E-state index in [2.05, 4.69) is 38.2 Å². The fourth-order valence-electron chi connectivity index (χ4n) is 2.01. The summed E-state index contributed by atoms with van der Waals surface area (Å²) in [5.74, 6) is 0. The summed E-state index contributed by atoms with van der Waals surface area (Å²) >= 11 is 5.92. The number of hydrogen-bond acceptors (Lipinski definition) is 2. The van der Waals surface area contributed by atoms with Crippen LogP contribution in [0.15, 0.2) is 24.3 Å². The Hall–Kier alpha value is -0.570. The lowest BCUT2D eigenvalue weighted by atomic mass is 9.87. The average molecular weight is 256 g/mol. The Morgan fingerprint density at radius 2 is 1.88 bits per heavy atom. The van der Waals surface area contributed by atoms with Crippen molar-refractivity contribution in [2.75, 3.05) is 13.7 Å². The van der Waals surface area contributed by atoms with Gasteiger partial charge in [-0.3, -0.25) is 0 Å². The molecule has 1 aromatic rings. The third-order valence-electron chi connectivity index (χ3n) is 3.39. The highest BCUT2D eigenvalue weighted by Gasteiger charge is 2.33. The fourth-order valence-corrected chi connectivity index (χ4v) is 2.14. The van der Waals surface area contributed by atoms with E-state index in [9.17, 15) is 0 Å². The molecule has 0 saturated heterocycles. The maximum absolute atomic E-state index is 5.92. The van der Waals surface area contributed by atoms with Gasteiger partial charge in [-0.05, 0) is 37.6 Å². The van der Waals surface area contributed by atoms with E-state index in [0.29, 0.717) is 0 Å². The number of methoxy groups -OCH3 is 1. The van der Waals surface area contributed by atoms with E-state index in [4.69, 9.17) is 16.3 Å². The van der Waals surface area contributed by atoms with E-state index in [0.717, 1.165) is 18.0 Å². The molecular formula is C14H22ClNO. The number of likely N-dealkylation sites (N-methyl/N-ethyl adjacent to an activating group) is 1. The molecule has 2 nitrogen and oxygen atoms in total. The Balaban J connectivity index is 3.03. The summed E-state index contributed by atoms with van der Waals surface area (Å²) in [5.41, 5.74) is 1.01. The second kappa shape index (κ2) is 6.39. The summed E-state index contributed by atoms with van der Waals surface area (Å²) in [4.78, 5) is 0. The van der Waals surface area contributed by atoms with Crippen LogP contribution in [0.4, 0.5) is 0 Å². The molecule has 3 heteroatoms. The third-order valence-corrected chi connectivity index (χ3v) is 3.64. The molecule has 96 valence electrons. The van der Waals surface area contributed by atoms with E-state index in [1.54, 1.807) is 7.11 Å². The highest BCUT2D eigenvalue weighted by atomic mass is 35.5. The minimum absolute atomic E-state index is 0.180. The van der Waals surface area contributed by atoms with Crippen molar-refractivity contribution in [1.82, 2.24) is 5.32 Å². The van der Waals surface area contributed by atoms with Crippen LogP contribution in [0.5, 0.6) is 0 Å². The smallest absolute Gasteiger partial charge is 0.0841 e. The molecule has 1 rings (SSSR count). The molecular weight excluding hydrogens is 234 g/mol. The number of halogens is 1. The first-order valence-corrected chi connectivity index (χ1v) is 6.49. The molecule has 0 heterocycles. The van der Waals surface area contributed by atoms with Gasteiger partial charge in [-0.15, -0.1) is 0 Å². The Morgan fingerprint density at radius 3 is 2.29 bits per heavy atom. The van der Waals surface area contributed by atoms with E-state index < -0.39 is 0 Å². The second-order valence-corrected chi connectivity index (χ2v) is 4.85. The van der Waals surface area contributed by atoms with E-state index in [-0.39, 0.29) is 11.6 Å². The van der Waals surface area contributed by atoms with Crippen molar-refractivity contribution in [1.29, 1.82) is 0 Å². The molecule has 0 radical (unpaired) electrons. The molecule has 0 amide bonds. The summed E-state index contributed by atoms with van der Waals surface area (Å²) in [6.07, 6.45) is 0.948. The van der Waals surface area contributed by atoms with Gasteiger partial charge in [0.25, 0.3) is 0 Å². The fraction of sp³-hybridized carbons (Fsp3) is 0.571. The van der Waals surface area contributed by atoms with Crippen molar-refractivity contribution in [2.24, 2.45) is 0 Å². The summed E-state index contributed by atoms with van der Waals surface area (Å²) < 4.78 is 5.69. The predicted molar refractivity (Wildman–Crippen MR) is 73.6 cm³/mol. The topological polar surface area (TPSA) is 21.3 Å². The van der Waals surface area contributed by atoms with Gasteiger partial charge in [0, 0.05) is 12.1 Å². The molecule has 0 spiro atoms. The van der Waals surface area contributed by atoms with Crippen LogP contribution in [0.3, 0.4) is 0 Å². The SMILES string of the molecule is CCNC(c1ccc(Cl)cc1)C(C)(CC)OC. The Labute approximate surface area is 109 Å². The van der Waals surface area contributed by atoms with E-state index >= 15 is 0 Å². The lowest BCUT2D eigenvalue weighted by Crippen LogP contribution is -2.42. The van der Waals surface area contributed by atoms with Crippen LogP contribution in [-0.2, 0) is 4.74 Å². The van der Waals surface area contributed by atoms with Crippen LogP contribution in [0, 0.1) is 0 Å². The Morgan fingerprint density at radius 1 is 1.29 bits per heavy atom. The molecule has 0 fully saturated rings. The largest absolute Gasteiger partial charge is 0.377 e. The zero-order chi connectivity index (χ0) is 12.9. The number of ether oxygens (including phenoxy) is 1. The van der Waals surface area contributed by atoms with Gasteiger partial charge >= 0.3 is 0 Å². The van der Waals surface area contributed by atoms with Crippen LogP contribution in [0.2, 0.25) is 5.02 Å². The van der Waals surface area contributed by atoms with Gasteiger partial charge in [0.1, 0.15) is 0 Å². The Bertz CT molecular complexity index is 333. The third kappa shape index (κ3) is 3.44. The molecule has 2 atom stereocenters. The normalized spacial score (nSPS) is 16.5.